The summed E-state index contributed by atoms with van der Waals surface area (Å²) >= 11 is 0. The minimum Gasteiger partial charge on any atom is -0.436 e. The van der Waals surface area contributed by atoms with E-state index < -0.39 is 0 Å². The maximum Gasteiger partial charge on any atom is 0.307 e. The number of rotatable bonds is 5. The van der Waals surface area contributed by atoms with Gasteiger partial charge in [0.2, 0.25) is 6.29 Å². The van der Waals surface area contributed by atoms with Gasteiger partial charge in [0.15, 0.2) is 0 Å². The van der Waals surface area contributed by atoms with Crippen molar-refractivity contribution in [3.8, 4) is 0 Å². The first-order valence-corrected chi connectivity index (χ1v) is 3.96. The van der Waals surface area contributed by atoms with Gasteiger partial charge in [-0.2, -0.15) is 0 Å². The molecule has 0 aliphatic carbocycles. The fourth-order valence-corrected chi connectivity index (χ4v) is 0.691. The Morgan fingerprint density at radius 3 is 2.45 bits per heavy atom. The molecule has 11 heavy (non-hydrogen) atoms. The molecule has 1 atom stereocenters. The highest BCUT2D eigenvalue weighted by Crippen LogP contribution is 2.03. The lowest BCUT2D eigenvalue weighted by Crippen LogP contribution is -2.19. The molecule has 0 spiro atoms. The number of carbonyl (C=O) groups is 1. The molecule has 0 N–H and O–H groups in total. The third kappa shape index (κ3) is 4.79. The molecule has 0 aromatic rings. The first kappa shape index (κ1) is 10.4. The number of esters is 1. The standard InChI is InChI=1S/C8H16O3/c1-4-6-8(10-3)11-7(9)5-2/h8H,4-6H2,1-3H3. The van der Waals surface area contributed by atoms with Gasteiger partial charge in [0.05, 0.1) is 0 Å². The van der Waals surface area contributed by atoms with E-state index in [9.17, 15) is 4.79 Å². The van der Waals surface area contributed by atoms with Crippen LogP contribution in [-0.4, -0.2) is 19.4 Å². The maximum absolute atomic E-state index is 10.8. The second-order valence-electron chi connectivity index (χ2n) is 2.30. The fourth-order valence-electron chi connectivity index (χ4n) is 0.691. The van der Waals surface area contributed by atoms with E-state index >= 15 is 0 Å². The monoisotopic (exact) mass is 160 g/mol. The molecular weight excluding hydrogens is 144 g/mol. The Balaban J connectivity index is 3.58. The van der Waals surface area contributed by atoms with Gasteiger partial charge < -0.3 is 9.47 Å². The van der Waals surface area contributed by atoms with Crippen LogP contribution in [0.25, 0.3) is 0 Å². The van der Waals surface area contributed by atoms with Crippen LogP contribution in [-0.2, 0) is 14.3 Å². The maximum atomic E-state index is 10.8. The molecule has 66 valence electrons. The fraction of sp³-hybridized carbons (Fsp3) is 0.875. The van der Waals surface area contributed by atoms with E-state index in [0.717, 1.165) is 12.8 Å². The van der Waals surface area contributed by atoms with Crippen LogP contribution < -0.4 is 0 Å². The summed E-state index contributed by atoms with van der Waals surface area (Å²) in [5, 5.41) is 0. The predicted molar refractivity (Wildman–Crippen MR) is 42.1 cm³/mol. The Morgan fingerprint density at radius 1 is 1.45 bits per heavy atom. The summed E-state index contributed by atoms with van der Waals surface area (Å²) in [4.78, 5) is 10.8. The van der Waals surface area contributed by atoms with E-state index in [1.165, 1.54) is 0 Å². The van der Waals surface area contributed by atoms with Crippen LogP contribution in [0.2, 0.25) is 0 Å². The lowest BCUT2D eigenvalue weighted by Gasteiger charge is -2.14. The van der Waals surface area contributed by atoms with E-state index in [2.05, 4.69) is 0 Å². The Hall–Kier alpha value is -0.570. The first-order chi connectivity index (χ1) is 5.24. The molecule has 0 aromatic heterocycles. The zero-order chi connectivity index (χ0) is 8.69. The third-order valence-electron chi connectivity index (χ3n) is 1.34. The molecule has 3 heteroatoms. The van der Waals surface area contributed by atoms with Crippen molar-refractivity contribution in [3.63, 3.8) is 0 Å². The van der Waals surface area contributed by atoms with Gasteiger partial charge >= 0.3 is 5.97 Å². The van der Waals surface area contributed by atoms with Crippen molar-refractivity contribution in [1.82, 2.24) is 0 Å². The molecule has 0 fully saturated rings. The minimum atomic E-state index is -0.354. The zero-order valence-corrected chi connectivity index (χ0v) is 7.42. The Bertz CT molecular complexity index is 112. The van der Waals surface area contributed by atoms with Crippen LogP contribution in [0.1, 0.15) is 33.1 Å². The number of carbonyl (C=O) groups excluding carboxylic acids is 1. The summed E-state index contributed by atoms with van der Waals surface area (Å²) in [6.07, 6.45) is 1.77. The number of hydrogen-bond acceptors (Lipinski definition) is 3. The molecule has 0 aliphatic rings. The molecule has 0 saturated heterocycles. The molecule has 0 amide bonds. The van der Waals surface area contributed by atoms with Crippen molar-refractivity contribution in [2.75, 3.05) is 7.11 Å². The average Bonchev–Trinajstić information content (AvgIpc) is 2.03. The van der Waals surface area contributed by atoms with Crippen LogP contribution in [0.3, 0.4) is 0 Å². The molecule has 0 aromatic carbocycles. The molecule has 3 nitrogen and oxygen atoms in total. The third-order valence-corrected chi connectivity index (χ3v) is 1.34. The molecule has 0 radical (unpaired) electrons. The highest BCUT2D eigenvalue weighted by atomic mass is 16.7. The molecule has 0 rings (SSSR count). The smallest absolute Gasteiger partial charge is 0.307 e. The van der Waals surface area contributed by atoms with E-state index in [4.69, 9.17) is 9.47 Å². The Labute approximate surface area is 67.7 Å². The molecular formula is C8H16O3. The second kappa shape index (κ2) is 6.16. The normalized spacial score (nSPS) is 12.6. The highest BCUT2D eigenvalue weighted by Gasteiger charge is 2.09. The topological polar surface area (TPSA) is 35.5 Å². The van der Waals surface area contributed by atoms with Crippen molar-refractivity contribution in [3.05, 3.63) is 0 Å². The molecule has 1 unspecified atom stereocenters. The zero-order valence-electron chi connectivity index (χ0n) is 7.42. The Kier molecular flexibility index (Phi) is 5.84. The SMILES string of the molecule is CCCC(OC)OC(=O)CC. The van der Waals surface area contributed by atoms with E-state index in [1.807, 2.05) is 6.92 Å². The van der Waals surface area contributed by atoms with Crippen molar-refractivity contribution < 1.29 is 14.3 Å². The first-order valence-electron chi connectivity index (χ1n) is 3.96. The van der Waals surface area contributed by atoms with Crippen molar-refractivity contribution in [1.29, 1.82) is 0 Å². The summed E-state index contributed by atoms with van der Waals surface area (Å²) < 4.78 is 9.85. The van der Waals surface area contributed by atoms with Crippen molar-refractivity contribution >= 4 is 5.97 Å². The van der Waals surface area contributed by atoms with Crippen LogP contribution in [0, 0.1) is 0 Å². The number of ether oxygens (including phenoxy) is 2. The summed E-state index contributed by atoms with van der Waals surface area (Å²) in [6.45, 7) is 3.78. The van der Waals surface area contributed by atoms with Gasteiger partial charge in [0.1, 0.15) is 0 Å². The van der Waals surface area contributed by atoms with Crippen LogP contribution in [0.15, 0.2) is 0 Å². The summed E-state index contributed by atoms with van der Waals surface area (Å²) in [5.41, 5.74) is 0. The van der Waals surface area contributed by atoms with E-state index in [0.29, 0.717) is 6.42 Å². The van der Waals surface area contributed by atoms with Gasteiger partial charge in [0.25, 0.3) is 0 Å². The minimum absolute atomic E-state index is 0.203. The van der Waals surface area contributed by atoms with Gasteiger partial charge in [-0.1, -0.05) is 20.3 Å². The lowest BCUT2D eigenvalue weighted by atomic mass is 10.3. The lowest BCUT2D eigenvalue weighted by molar-refractivity contribution is -0.174. The van der Waals surface area contributed by atoms with Gasteiger partial charge in [-0.15, -0.1) is 0 Å². The average molecular weight is 160 g/mol. The van der Waals surface area contributed by atoms with Crippen LogP contribution in [0.4, 0.5) is 0 Å². The van der Waals surface area contributed by atoms with Gasteiger partial charge in [0, 0.05) is 20.0 Å². The number of methoxy groups -OCH3 is 1. The van der Waals surface area contributed by atoms with Crippen LogP contribution in [0.5, 0.6) is 0 Å². The highest BCUT2D eigenvalue weighted by molar-refractivity contribution is 5.68. The number of hydrogen-bond donors (Lipinski definition) is 0. The van der Waals surface area contributed by atoms with E-state index in [1.54, 1.807) is 14.0 Å². The van der Waals surface area contributed by atoms with Gasteiger partial charge in [-0.25, -0.2) is 0 Å². The van der Waals surface area contributed by atoms with E-state index in [-0.39, 0.29) is 12.3 Å². The summed E-state index contributed by atoms with van der Waals surface area (Å²) in [5.74, 6) is -0.203. The predicted octanol–water partition coefficient (Wildman–Crippen LogP) is 1.71. The summed E-state index contributed by atoms with van der Waals surface area (Å²) in [6, 6.07) is 0. The molecule has 0 bridgehead atoms. The molecule has 0 aliphatic heterocycles. The largest absolute Gasteiger partial charge is 0.436 e. The second-order valence-corrected chi connectivity index (χ2v) is 2.30. The molecule has 0 saturated carbocycles. The molecule has 0 heterocycles. The van der Waals surface area contributed by atoms with Gasteiger partial charge in [-0.05, 0) is 0 Å². The van der Waals surface area contributed by atoms with Crippen molar-refractivity contribution in [2.45, 2.75) is 39.4 Å². The quantitative estimate of drug-likeness (QED) is 0.453. The van der Waals surface area contributed by atoms with Crippen LogP contribution >= 0.6 is 0 Å². The summed E-state index contributed by atoms with van der Waals surface area (Å²) in [7, 11) is 1.54. The Morgan fingerprint density at radius 2 is 2.09 bits per heavy atom. The van der Waals surface area contributed by atoms with Crippen molar-refractivity contribution in [2.24, 2.45) is 0 Å². The van der Waals surface area contributed by atoms with Gasteiger partial charge in [-0.3, -0.25) is 4.79 Å².